The molecule has 0 unspecified atom stereocenters. The van der Waals surface area contributed by atoms with Crippen LogP contribution in [0.4, 0.5) is 0 Å². The molecule has 0 aliphatic carbocycles. The van der Waals surface area contributed by atoms with Crippen molar-refractivity contribution in [2.75, 3.05) is 26.9 Å². The van der Waals surface area contributed by atoms with Gasteiger partial charge in [-0.1, -0.05) is 24.8 Å². The monoisotopic (exact) mass is 362 g/mol. The van der Waals surface area contributed by atoms with E-state index in [2.05, 4.69) is 17.2 Å². The molecule has 0 bridgehead atoms. The number of hydrogen-bond acceptors (Lipinski definition) is 5. The van der Waals surface area contributed by atoms with Crippen molar-refractivity contribution < 1.29 is 19.0 Å². The highest BCUT2D eigenvalue weighted by Gasteiger charge is 2.31. The summed E-state index contributed by atoms with van der Waals surface area (Å²) in [5, 5.41) is 6.55. The summed E-state index contributed by atoms with van der Waals surface area (Å²) in [5.41, 5.74) is 1.99. The third kappa shape index (κ3) is 5.04. The Balaban J connectivity index is 2.29. The van der Waals surface area contributed by atoms with E-state index in [9.17, 15) is 4.79 Å². The minimum absolute atomic E-state index is 0.186. The molecule has 0 saturated carbocycles. The van der Waals surface area contributed by atoms with E-state index in [0.29, 0.717) is 35.3 Å². The minimum Gasteiger partial charge on any atom is -0.490 e. The van der Waals surface area contributed by atoms with Crippen LogP contribution in [0.15, 0.2) is 48.2 Å². The summed E-state index contributed by atoms with van der Waals surface area (Å²) in [7, 11) is 1.55. The summed E-state index contributed by atoms with van der Waals surface area (Å²) in [4.78, 5) is 12.5. The van der Waals surface area contributed by atoms with Gasteiger partial charge < -0.3 is 24.8 Å². The lowest BCUT2D eigenvalue weighted by molar-refractivity contribution is -0.140. The van der Waals surface area contributed by atoms with Gasteiger partial charge in [-0.05, 0) is 36.8 Å². The first-order valence-corrected chi connectivity index (χ1v) is 8.25. The number of methoxy groups -OCH3 is 1. The number of benzene rings is 1. The summed E-state index contributed by atoms with van der Waals surface area (Å²) >= 11 is 5.24. The number of nitrogens with one attached hydrogen (secondary N) is 2. The molecule has 0 spiro atoms. The van der Waals surface area contributed by atoms with Crippen molar-refractivity contribution in [1.29, 1.82) is 0 Å². The van der Waals surface area contributed by atoms with Gasteiger partial charge in [0.15, 0.2) is 5.11 Å². The second-order valence-corrected chi connectivity index (χ2v) is 5.78. The lowest BCUT2D eigenvalue weighted by Gasteiger charge is -2.30. The molecule has 1 aliphatic rings. The Labute approximate surface area is 152 Å². The number of carbonyl (C=O) groups is 1. The molecule has 1 atom stereocenters. The van der Waals surface area contributed by atoms with Crippen molar-refractivity contribution in [2.24, 2.45) is 0 Å². The molecule has 0 fully saturated rings. The molecule has 1 aliphatic heterocycles. The van der Waals surface area contributed by atoms with Gasteiger partial charge in [0.1, 0.15) is 19.0 Å². The third-order valence-corrected chi connectivity index (χ3v) is 3.79. The van der Waals surface area contributed by atoms with E-state index in [4.69, 9.17) is 26.4 Å². The fourth-order valence-electron chi connectivity index (χ4n) is 2.45. The standard InChI is InChI=1S/C18H22N2O4S/c1-4-8-23-14-7-5-6-13(11-14)16-15(12(2)19-18(25)20-16)17(21)24-10-9-22-3/h4-7,11,16H,1,8-10H2,2-3H3,(H2,19,20,25)/t16-/m1/s1. The van der Waals surface area contributed by atoms with Crippen LogP contribution >= 0.6 is 12.2 Å². The quantitative estimate of drug-likeness (QED) is 0.318. The number of esters is 1. The molecule has 1 aromatic rings. The fourth-order valence-corrected chi connectivity index (χ4v) is 2.72. The maximum absolute atomic E-state index is 12.5. The maximum atomic E-state index is 12.5. The molecule has 7 heteroatoms. The molecule has 0 saturated heterocycles. The molecule has 0 radical (unpaired) electrons. The summed E-state index contributed by atoms with van der Waals surface area (Å²) in [6, 6.07) is 7.06. The van der Waals surface area contributed by atoms with E-state index in [1.54, 1.807) is 20.1 Å². The first-order valence-electron chi connectivity index (χ1n) is 7.84. The molecule has 25 heavy (non-hydrogen) atoms. The zero-order chi connectivity index (χ0) is 18.2. The van der Waals surface area contributed by atoms with Gasteiger partial charge in [-0.3, -0.25) is 0 Å². The van der Waals surface area contributed by atoms with Crippen LogP contribution in [0.3, 0.4) is 0 Å². The number of thiocarbonyl (C=S) groups is 1. The van der Waals surface area contributed by atoms with E-state index in [0.717, 1.165) is 5.56 Å². The summed E-state index contributed by atoms with van der Waals surface area (Å²) in [6.07, 6.45) is 1.67. The molecule has 1 heterocycles. The van der Waals surface area contributed by atoms with E-state index >= 15 is 0 Å². The molecule has 2 N–H and O–H groups in total. The first-order chi connectivity index (χ1) is 12.1. The van der Waals surface area contributed by atoms with Gasteiger partial charge in [0.25, 0.3) is 0 Å². The van der Waals surface area contributed by atoms with Crippen LogP contribution in [-0.4, -0.2) is 38.0 Å². The van der Waals surface area contributed by atoms with E-state index in [1.165, 1.54) is 0 Å². The molecule has 6 nitrogen and oxygen atoms in total. The number of allylic oxidation sites excluding steroid dienone is 1. The zero-order valence-corrected chi connectivity index (χ0v) is 15.2. The Morgan fingerprint density at radius 2 is 2.20 bits per heavy atom. The lowest BCUT2D eigenvalue weighted by Crippen LogP contribution is -2.45. The van der Waals surface area contributed by atoms with Gasteiger partial charge in [-0.15, -0.1) is 0 Å². The van der Waals surface area contributed by atoms with Gasteiger partial charge >= 0.3 is 5.97 Å². The number of ether oxygens (including phenoxy) is 3. The number of carbonyl (C=O) groups excluding carboxylic acids is 1. The van der Waals surface area contributed by atoms with Crippen molar-refractivity contribution in [1.82, 2.24) is 10.6 Å². The van der Waals surface area contributed by atoms with Crippen molar-refractivity contribution >= 4 is 23.3 Å². The van der Waals surface area contributed by atoms with Crippen molar-refractivity contribution in [2.45, 2.75) is 13.0 Å². The second-order valence-electron chi connectivity index (χ2n) is 5.37. The Kier molecular flexibility index (Phi) is 6.97. The van der Waals surface area contributed by atoms with Crippen molar-refractivity contribution in [3.05, 3.63) is 53.8 Å². The van der Waals surface area contributed by atoms with Crippen LogP contribution in [0.25, 0.3) is 0 Å². The van der Waals surface area contributed by atoms with Crippen molar-refractivity contribution in [3.8, 4) is 5.75 Å². The van der Waals surface area contributed by atoms with E-state index in [-0.39, 0.29) is 6.61 Å². The van der Waals surface area contributed by atoms with Crippen LogP contribution in [0, 0.1) is 0 Å². The highest BCUT2D eigenvalue weighted by atomic mass is 32.1. The van der Waals surface area contributed by atoms with Gasteiger partial charge in [-0.25, -0.2) is 4.79 Å². The van der Waals surface area contributed by atoms with Gasteiger partial charge in [0, 0.05) is 12.8 Å². The number of rotatable bonds is 8. The Hall–Kier alpha value is -2.38. The Bertz CT molecular complexity index is 687. The average Bonchev–Trinajstić information content (AvgIpc) is 2.59. The van der Waals surface area contributed by atoms with Crippen LogP contribution in [0.5, 0.6) is 5.75 Å². The van der Waals surface area contributed by atoms with Crippen LogP contribution in [0.1, 0.15) is 18.5 Å². The largest absolute Gasteiger partial charge is 0.490 e. The predicted molar refractivity (Wildman–Crippen MR) is 99.3 cm³/mol. The smallest absolute Gasteiger partial charge is 0.338 e. The Morgan fingerprint density at radius 3 is 2.92 bits per heavy atom. The molecule has 1 aromatic carbocycles. The normalized spacial score (nSPS) is 16.7. The van der Waals surface area contributed by atoms with E-state index < -0.39 is 12.0 Å². The minimum atomic E-state index is -0.420. The first kappa shape index (κ1) is 19.0. The Morgan fingerprint density at radius 1 is 1.40 bits per heavy atom. The zero-order valence-electron chi connectivity index (χ0n) is 14.3. The average molecular weight is 362 g/mol. The molecular weight excluding hydrogens is 340 g/mol. The summed E-state index contributed by atoms with van der Waals surface area (Å²) < 4.78 is 15.8. The summed E-state index contributed by atoms with van der Waals surface area (Å²) in [5.74, 6) is 0.271. The van der Waals surface area contributed by atoms with Gasteiger partial charge in [0.05, 0.1) is 18.2 Å². The second kappa shape index (κ2) is 9.19. The maximum Gasteiger partial charge on any atom is 0.338 e. The molecule has 0 amide bonds. The lowest BCUT2D eigenvalue weighted by atomic mass is 9.95. The highest BCUT2D eigenvalue weighted by Crippen LogP contribution is 2.29. The molecular formula is C18H22N2O4S. The van der Waals surface area contributed by atoms with Gasteiger partial charge in [0.2, 0.25) is 0 Å². The van der Waals surface area contributed by atoms with Crippen LogP contribution < -0.4 is 15.4 Å². The third-order valence-electron chi connectivity index (χ3n) is 3.57. The highest BCUT2D eigenvalue weighted by molar-refractivity contribution is 7.80. The van der Waals surface area contributed by atoms with Crippen LogP contribution in [-0.2, 0) is 14.3 Å². The topological polar surface area (TPSA) is 68.8 Å². The van der Waals surface area contributed by atoms with Gasteiger partial charge in [-0.2, -0.15) is 0 Å². The molecule has 134 valence electrons. The molecule has 0 aromatic heterocycles. The number of hydrogen-bond donors (Lipinski definition) is 2. The molecule has 2 rings (SSSR count). The fraction of sp³-hybridized carbons (Fsp3) is 0.333. The van der Waals surface area contributed by atoms with Crippen LogP contribution in [0.2, 0.25) is 0 Å². The SMILES string of the molecule is C=CCOc1cccc([C@H]2NC(=S)NC(C)=C2C(=O)OCCOC)c1. The summed E-state index contributed by atoms with van der Waals surface area (Å²) in [6.45, 7) is 6.37. The van der Waals surface area contributed by atoms with E-state index in [1.807, 2.05) is 24.3 Å². The van der Waals surface area contributed by atoms with Crippen molar-refractivity contribution in [3.63, 3.8) is 0 Å². The predicted octanol–water partition coefficient (Wildman–Crippen LogP) is 2.23.